The average molecular weight is 306 g/mol. The third-order valence-electron chi connectivity index (χ3n) is 4.29. The van der Waals surface area contributed by atoms with Gasteiger partial charge in [-0.05, 0) is 19.4 Å². The maximum absolute atomic E-state index is 12.5. The molecule has 0 bridgehead atoms. The highest BCUT2D eigenvalue weighted by molar-refractivity contribution is 5.87. The third kappa shape index (κ3) is 3.06. The lowest BCUT2D eigenvalue weighted by Gasteiger charge is -2.32. The Bertz CT molecular complexity index is 548. The molecule has 1 saturated heterocycles. The van der Waals surface area contributed by atoms with Crippen LogP contribution in [0.25, 0.3) is 0 Å². The lowest BCUT2D eigenvalue weighted by Crippen LogP contribution is -2.54. The summed E-state index contributed by atoms with van der Waals surface area (Å²) in [6.45, 7) is 3.70. The lowest BCUT2D eigenvalue weighted by molar-refractivity contribution is -0.147. The second-order valence-corrected chi connectivity index (χ2v) is 5.83. The van der Waals surface area contributed by atoms with E-state index in [1.165, 1.54) is 12.0 Å². The molecule has 1 fully saturated rings. The molecule has 1 heterocycles. The molecule has 0 aliphatic carbocycles. The van der Waals surface area contributed by atoms with Gasteiger partial charge < -0.3 is 20.1 Å². The molecular formula is C16H22N2O4. The Morgan fingerprint density at radius 1 is 1.41 bits per heavy atom. The van der Waals surface area contributed by atoms with E-state index in [4.69, 9.17) is 4.74 Å². The number of hydrogen-bond acceptors (Lipinski definition) is 3. The number of urea groups is 1. The molecule has 2 N–H and O–H groups in total. The maximum Gasteiger partial charge on any atom is 0.329 e. The number of carboxylic acids is 1. The van der Waals surface area contributed by atoms with Gasteiger partial charge in [0, 0.05) is 20.1 Å². The van der Waals surface area contributed by atoms with Crippen molar-refractivity contribution in [3.63, 3.8) is 0 Å². The van der Waals surface area contributed by atoms with Crippen molar-refractivity contribution < 1.29 is 19.4 Å². The van der Waals surface area contributed by atoms with Crippen molar-refractivity contribution in [3.8, 4) is 0 Å². The molecule has 3 atom stereocenters. The molecule has 1 aromatic rings. The molecule has 2 rings (SSSR count). The minimum Gasteiger partial charge on any atom is -0.480 e. The molecular weight excluding hydrogens is 284 g/mol. The highest BCUT2D eigenvalue weighted by atomic mass is 16.5. The third-order valence-corrected chi connectivity index (χ3v) is 4.29. The van der Waals surface area contributed by atoms with Crippen LogP contribution >= 0.6 is 0 Å². The summed E-state index contributed by atoms with van der Waals surface area (Å²) < 4.78 is 5.24. The van der Waals surface area contributed by atoms with Gasteiger partial charge in [-0.3, -0.25) is 0 Å². The Hall–Kier alpha value is -2.08. The normalized spacial score (nSPS) is 25.8. The Morgan fingerprint density at radius 3 is 2.59 bits per heavy atom. The first kappa shape index (κ1) is 16.3. The van der Waals surface area contributed by atoms with Gasteiger partial charge in [0.2, 0.25) is 0 Å². The molecule has 6 nitrogen and oxygen atoms in total. The summed E-state index contributed by atoms with van der Waals surface area (Å²) in [7, 11) is 1.53. The molecule has 1 aliphatic rings. The van der Waals surface area contributed by atoms with Gasteiger partial charge in [-0.1, -0.05) is 30.3 Å². The minimum atomic E-state index is -1.25. The lowest BCUT2D eigenvalue weighted by atomic mass is 9.98. The van der Waals surface area contributed by atoms with E-state index in [-0.39, 0.29) is 31.1 Å². The smallest absolute Gasteiger partial charge is 0.329 e. The molecule has 0 saturated carbocycles. The molecule has 0 aromatic heterocycles. The summed E-state index contributed by atoms with van der Waals surface area (Å²) in [4.78, 5) is 25.4. The predicted molar refractivity (Wildman–Crippen MR) is 81.5 cm³/mol. The molecule has 1 aromatic carbocycles. The van der Waals surface area contributed by atoms with Crippen LogP contribution in [0.2, 0.25) is 0 Å². The van der Waals surface area contributed by atoms with Crippen LogP contribution in [0, 0.1) is 0 Å². The van der Waals surface area contributed by atoms with Gasteiger partial charge in [0.25, 0.3) is 0 Å². The van der Waals surface area contributed by atoms with Crippen LogP contribution in [0.1, 0.15) is 31.9 Å². The van der Waals surface area contributed by atoms with Crippen molar-refractivity contribution in [3.05, 3.63) is 35.9 Å². The number of carbonyl (C=O) groups is 2. The quantitative estimate of drug-likeness (QED) is 0.892. The SMILES string of the molecule is COC1CN(C(=O)N[C@@H](C)c2ccccc2)C(C)(C(=O)O)C1. The number of aliphatic carboxylic acids is 1. The van der Waals surface area contributed by atoms with E-state index in [1.54, 1.807) is 6.92 Å². The number of carboxylic acid groups (broad SMARTS) is 1. The zero-order chi connectivity index (χ0) is 16.3. The Labute approximate surface area is 130 Å². The summed E-state index contributed by atoms with van der Waals surface area (Å²) in [5.74, 6) is -1.02. The van der Waals surface area contributed by atoms with Crippen molar-refractivity contribution >= 4 is 12.0 Å². The van der Waals surface area contributed by atoms with E-state index in [0.29, 0.717) is 0 Å². The van der Waals surface area contributed by atoms with E-state index in [0.717, 1.165) is 5.56 Å². The second kappa shape index (κ2) is 6.36. The number of methoxy groups -OCH3 is 1. The van der Waals surface area contributed by atoms with Crippen molar-refractivity contribution in [1.82, 2.24) is 10.2 Å². The zero-order valence-electron chi connectivity index (χ0n) is 13.1. The van der Waals surface area contributed by atoms with Gasteiger partial charge in [-0.2, -0.15) is 0 Å². The number of likely N-dealkylation sites (tertiary alicyclic amines) is 1. The van der Waals surface area contributed by atoms with Gasteiger partial charge in [0.15, 0.2) is 0 Å². The first-order valence-electron chi connectivity index (χ1n) is 7.27. The number of nitrogens with zero attached hydrogens (tertiary/aromatic N) is 1. The van der Waals surface area contributed by atoms with Crippen LogP contribution in [-0.4, -0.2) is 47.3 Å². The number of carbonyl (C=O) groups excluding carboxylic acids is 1. The minimum absolute atomic E-state index is 0.201. The summed E-state index contributed by atoms with van der Waals surface area (Å²) in [5.41, 5.74) is -0.281. The van der Waals surface area contributed by atoms with E-state index >= 15 is 0 Å². The van der Waals surface area contributed by atoms with E-state index < -0.39 is 11.5 Å². The Morgan fingerprint density at radius 2 is 2.05 bits per heavy atom. The van der Waals surface area contributed by atoms with E-state index in [1.807, 2.05) is 37.3 Å². The van der Waals surface area contributed by atoms with E-state index in [9.17, 15) is 14.7 Å². The van der Waals surface area contributed by atoms with Crippen LogP contribution in [-0.2, 0) is 9.53 Å². The first-order valence-corrected chi connectivity index (χ1v) is 7.27. The number of amides is 2. The molecule has 1 aliphatic heterocycles. The van der Waals surface area contributed by atoms with Gasteiger partial charge in [0.1, 0.15) is 5.54 Å². The molecule has 0 spiro atoms. The number of rotatable bonds is 4. The summed E-state index contributed by atoms with van der Waals surface area (Å²) in [6.07, 6.45) is 0.0188. The fourth-order valence-electron chi connectivity index (χ4n) is 2.78. The summed E-state index contributed by atoms with van der Waals surface area (Å²) in [5, 5.41) is 12.3. The van der Waals surface area contributed by atoms with Crippen molar-refractivity contribution in [2.45, 2.75) is 38.0 Å². The molecule has 2 amide bonds. The topological polar surface area (TPSA) is 78.9 Å². The van der Waals surface area contributed by atoms with Crippen LogP contribution in [0.4, 0.5) is 4.79 Å². The Kier molecular flexibility index (Phi) is 4.71. The Balaban J connectivity index is 2.12. The number of benzene rings is 1. The number of nitrogens with one attached hydrogen (secondary N) is 1. The largest absolute Gasteiger partial charge is 0.480 e. The highest BCUT2D eigenvalue weighted by Crippen LogP contribution is 2.31. The molecule has 22 heavy (non-hydrogen) atoms. The maximum atomic E-state index is 12.5. The number of hydrogen-bond donors (Lipinski definition) is 2. The van der Waals surface area contributed by atoms with Crippen molar-refractivity contribution in [2.24, 2.45) is 0 Å². The van der Waals surface area contributed by atoms with Crippen molar-refractivity contribution in [1.29, 1.82) is 0 Å². The van der Waals surface area contributed by atoms with Gasteiger partial charge in [0.05, 0.1) is 12.1 Å². The van der Waals surface area contributed by atoms with Gasteiger partial charge in [-0.15, -0.1) is 0 Å². The van der Waals surface area contributed by atoms with Crippen LogP contribution in [0.3, 0.4) is 0 Å². The van der Waals surface area contributed by atoms with Crippen LogP contribution in [0.5, 0.6) is 0 Å². The van der Waals surface area contributed by atoms with Gasteiger partial charge in [-0.25, -0.2) is 9.59 Å². The monoisotopic (exact) mass is 306 g/mol. The zero-order valence-corrected chi connectivity index (χ0v) is 13.1. The van der Waals surface area contributed by atoms with E-state index in [2.05, 4.69) is 5.32 Å². The summed E-state index contributed by atoms with van der Waals surface area (Å²) >= 11 is 0. The molecule has 6 heteroatoms. The number of ether oxygens (including phenoxy) is 1. The highest BCUT2D eigenvalue weighted by Gasteiger charge is 2.50. The molecule has 0 radical (unpaired) electrons. The summed E-state index contributed by atoms with van der Waals surface area (Å²) in [6, 6.07) is 8.95. The van der Waals surface area contributed by atoms with Crippen LogP contribution < -0.4 is 5.32 Å². The fraction of sp³-hybridized carbons (Fsp3) is 0.500. The van der Waals surface area contributed by atoms with Gasteiger partial charge >= 0.3 is 12.0 Å². The van der Waals surface area contributed by atoms with Crippen LogP contribution in [0.15, 0.2) is 30.3 Å². The predicted octanol–water partition coefficient (Wildman–Crippen LogP) is 2.02. The van der Waals surface area contributed by atoms with Crippen molar-refractivity contribution in [2.75, 3.05) is 13.7 Å². The first-order chi connectivity index (χ1) is 10.4. The molecule has 120 valence electrons. The average Bonchev–Trinajstić information content (AvgIpc) is 2.87. The molecule has 2 unspecified atom stereocenters. The fourth-order valence-corrected chi connectivity index (χ4v) is 2.78. The second-order valence-electron chi connectivity index (χ2n) is 5.83. The standard InChI is InChI=1S/C16H22N2O4/c1-11(12-7-5-4-6-8-12)17-15(21)18-10-13(22-3)9-16(18,2)14(19)20/h4-8,11,13H,9-10H2,1-3H3,(H,17,21)(H,19,20)/t11-,13?,16?/m0/s1.